The molecule has 0 radical (unpaired) electrons. The topological polar surface area (TPSA) is 83.7 Å². The van der Waals surface area contributed by atoms with Gasteiger partial charge in [-0.15, -0.1) is 0 Å². The maximum atomic E-state index is 11.2. The summed E-state index contributed by atoms with van der Waals surface area (Å²) < 4.78 is 0. The molecule has 0 heterocycles. The van der Waals surface area contributed by atoms with Crippen molar-refractivity contribution in [3.8, 4) is 0 Å². The highest BCUT2D eigenvalue weighted by Crippen LogP contribution is 2.41. The van der Waals surface area contributed by atoms with E-state index in [-0.39, 0.29) is 11.3 Å². The molecule has 6 heteroatoms. The molecule has 0 aliphatic heterocycles. The first-order valence-electron chi connectivity index (χ1n) is 6.84. The second kappa shape index (κ2) is 4.77. The summed E-state index contributed by atoms with van der Waals surface area (Å²) in [6, 6.07) is 4.38. The van der Waals surface area contributed by atoms with Crippen LogP contribution in [0.2, 0.25) is 0 Å². The summed E-state index contributed by atoms with van der Waals surface area (Å²) in [4.78, 5) is 23.9. The Morgan fingerprint density at radius 3 is 2.55 bits per heavy atom. The third-order valence-corrected chi connectivity index (χ3v) is 3.87. The summed E-state index contributed by atoms with van der Waals surface area (Å²) in [5.41, 5.74) is 0.568. The first-order valence-corrected chi connectivity index (χ1v) is 6.84. The number of hydrogen-bond acceptors (Lipinski definition) is 4. The molecule has 0 unspecified atom stereocenters. The number of aromatic carboxylic acids is 1. The van der Waals surface area contributed by atoms with Crippen molar-refractivity contribution in [1.29, 1.82) is 0 Å². The number of carbonyl (C=O) groups is 1. The zero-order chi connectivity index (χ0) is 14.3. The molecule has 6 nitrogen and oxygen atoms in total. The van der Waals surface area contributed by atoms with E-state index in [9.17, 15) is 14.9 Å². The van der Waals surface area contributed by atoms with Crippen LogP contribution in [0.1, 0.15) is 36.0 Å². The number of rotatable bonds is 6. The molecule has 0 spiro atoms. The number of nitrogens with zero attached hydrogens (tertiary/aromatic N) is 2. The standard InChI is InChI=1S/C14H16N2O4/c17-14(18)10-3-6-12(16(19)20)13(7-10)15(11-4-5-11)8-9-1-2-9/h3,6-7,9,11H,1-2,4-5,8H2,(H,17,18). The molecule has 1 aromatic rings. The van der Waals surface area contributed by atoms with Crippen LogP contribution in [0.4, 0.5) is 11.4 Å². The minimum Gasteiger partial charge on any atom is -0.478 e. The number of nitro groups is 1. The van der Waals surface area contributed by atoms with Gasteiger partial charge in [0.05, 0.1) is 10.5 Å². The van der Waals surface area contributed by atoms with E-state index in [4.69, 9.17) is 5.11 Å². The fourth-order valence-corrected chi connectivity index (χ4v) is 2.45. The second-order valence-corrected chi connectivity index (χ2v) is 5.59. The zero-order valence-electron chi connectivity index (χ0n) is 11.0. The van der Waals surface area contributed by atoms with Gasteiger partial charge < -0.3 is 10.0 Å². The fourth-order valence-electron chi connectivity index (χ4n) is 2.45. The Bertz CT molecular complexity index is 564. The molecule has 0 amide bonds. The molecule has 1 aromatic carbocycles. The van der Waals surface area contributed by atoms with Gasteiger partial charge in [0.25, 0.3) is 5.69 Å². The van der Waals surface area contributed by atoms with E-state index < -0.39 is 10.9 Å². The molecule has 2 aliphatic carbocycles. The predicted octanol–water partition coefficient (Wildman–Crippen LogP) is 2.67. The molecule has 106 valence electrons. The van der Waals surface area contributed by atoms with Gasteiger partial charge in [-0.2, -0.15) is 0 Å². The zero-order valence-corrected chi connectivity index (χ0v) is 11.0. The number of anilines is 1. The molecular weight excluding hydrogens is 260 g/mol. The monoisotopic (exact) mass is 276 g/mol. The highest BCUT2D eigenvalue weighted by molar-refractivity contribution is 5.90. The van der Waals surface area contributed by atoms with E-state index in [0.29, 0.717) is 17.6 Å². The maximum absolute atomic E-state index is 11.2. The molecule has 0 aromatic heterocycles. The van der Waals surface area contributed by atoms with Crippen molar-refractivity contribution in [2.24, 2.45) is 5.92 Å². The van der Waals surface area contributed by atoms with Crippen molar-refractivity contribution in [3.05, 3.63) is 33.9 Å². The minimum absolute atomic E-state index is 0.00236. The first-order chi connectivity index (χ1) is 9.56. The predicted molar refractivity (Wildman–Crippen MR) is 73.1 cm³/mol. The van der Waals surface area contributed by atoms with Crippen LogP contribution in [0.5, 0.6) is 0 Å². The summed E-state index contributed by atoms with van der Waals surface area (Å²) in [7, 11) is 0. The molecule has 2 saturated carbocycles. The van der Waals surface area contributed by atoms with Crippen LogP contribution in [-0.2, 0) is 0 Å². The summed E-state index contributed by atoms with van der Waals surface area (Å²) in [5.74, 6) is -0.452. The SMILES string of the molecule is O=C(O)c1ccc([N+](=O)[O-])c(N(CC2CC2)C2CC2)c1. The Morgan fingerprint density at radius 1 is 1.35 bits per heavy atom. The number of benzene rings is 1. The van der Waals surface area contributed by atoms with Crippen LogP contribution >= 0.6 is 0 Å². The van der Waals surface area contributed by atoms with E-state index >= 15 is 0 Å². The maximum Gasteiger partial charge on any atom is 0.335 e. The van der Waals surface area contributed by atoms with Gasteiger partial charge in [-0.3, -0.25) is 10.1 Å². The molecule has 0 atom stereocenters. The number of hydrogen-bond donors (Lipinski definition) is 1. The lowest BCUT2D eigenvalue weighted by atomic mass is 10.1. The summed E-state index contributed by atoms with van der Waals surface area (Å²) in [6.45, 7) is 0.800. The normalized spacial score (nSPS) is 17.8. The molecule has 1 N–H and O–H groups in total. The third-order valence-electron chi connectivity index (χ3n) is 3.87. The Labute approximate surface area is 116 Å². The van der Waals surface area contributed by atoms with Crippen molar-refractivity contribution in [3.63, 3.8) is 0 Å². The highest BCUT2D eigenvalue weighted by atomic mass is 16.6. The Balaban J connectivity index is 1.99. The van der Waals surface area contributed by atoms with E-state index in [2.05, 4.69) is 0 Å². The second-order valence-electron chi connectivity index (χ2n) is 5.59. The van der Waals surface area contributed by atoms with Gasteiger partial charge in [-0.05, 0) is 43.7 Å². The Hall–Kier alpha value is -2.11. The highest BCUT2D eigenvalue weighted by Gasteiger charge is 2.36. The van der Waals surface area contributed by atoms with E-state index in [1.807, 2.05) is 4.90 Å². The molecular formula is C14H16N2O4. The lowest BCUT2D eigenvalue weighted by molar-refractivity contribution is -0.384. The van der Waals surface area contributed by atoms with Crippen molar-refractivity contribution in [1.82, 2.24) is 0 Å². The lowest BCUT2D eigenvalue weighted by Crippen LogP contribution is -2.29. The quantitative estimate of drug-likeness (QED) is 0.638. The Kier molecular flexibility index (Phi) is 3.08. The fraction of sp³-hybridized carbons (Fsp3) is 0.500. The van der Waals surface area contributed by atoms with Gasteiger partial charge in [0.15, 0.2) is 0 Å². The first kappa shape index (κ1) is 12.9. The largest absolute Gasteiger partial charge is 0.478 e. The molecule has 0 saturated heterocycles. The van der Waals surface area contributed by atoms with Gasteiger partial charge in [-0.1, -0.05) is 0 Å². The van der Waals surface area contributed by atoms with Crippen LogP contribution in [-0.4, -0.2) is 28.6 Å². The van der Waals surface area contributed by atoms with Crippen LogP contribution in [0.25, 0.3) is 0 Å². The van der Waals surface area contributed by atoms with E-state index in [0.717, 1.165) is 32.2 Å². The van der Waals surface area contributed by atoms with Crippen LogP contribution in [0, 0.1) is 16.0 Å². The van der Waals surface area contributed by atoms with Crippen LogP contribution in [0.3, 0.4) is 0 Å². The molecule has 20 heavy (non-hydrogen) atoms. The van der Waals surface area contributed by atoms with Crippen LogP contribution < -0.4 is 4.90 Å². The average molecular weight is 276 g/mol. The van der Waals surface area contributed by atoms with Gasteiger partial charge >= 0.3 is 5.97 Å². The summed E-state index contributed by atoms with van der Waals surface area (Å²) in [6.07, 6.45) is 4.38. The van der Waals surface area contributed by atoms with Crippen molar-refractivity contribution in [2.75, 3.05) is 11.4 Å². The minimum atomic E-state index is -1.05. The average Bonchev–Trinajstić information content (AvgIpc) is 3.26. The number of carboxylic acids is 1. The van der Waals surface area contributed by atoms with Crippen LogP contribution in [0.15, 0.2) is 18.2 Å². The smallest absolute Gasteiger partial charge is 0.335 e. The molecule has 2 aliphatic rings. The third kappa shape index (κ3) is 2.59. The van der Waals surface area contributed by atoms with Crippen molar-refractivity contribution in [2.45, 2.75) is 31.7 Å². The van der Waals surface area contributed by atoms with Crippen molar-refractivity contribution >= 4 is 17.3 Å². The van der Waals surface area contributed by atoms with Crippen molar-refractivity contribution < 1.29 is 14.8 Å². The van der Waals surface area contributed by atoms with E-state index in [1.54, 1.807) is 0 Å². The Morgan fingerprint density at radius 2 is 2.05 bits per heavy atom. The molecule has 0 bridgehead atoms. The molecule has 2 fully saturated rings. The van der Waals surface area contributed by atoms with Gasteiger partial charge in [0.1, 0.15) is 5.69 Å². The summed E-state index contributed by atoms with van der Waals surface area (Å²) in [5, 5.41) is 20.3. The van der Waals surface area contributed by atoms with Gasteiger partial charge in [0.2, 0.25) is 0 Å². The van der Waals surface area contributed by atoms with Gasteiger partial charge in [-0.25, -0.2) is 4.79 Å². The number of carboxylic acid groups (broad SMARTS) is 1. The lowest BCUT2D eigenvalue weighted by Gasteiger charge is -2.24. The molecule has 3 rings (SSSR count). The van der Waals surface area contributed by atoms with E-state index in [1.165, 1.54) is 18.2 Å². The van der Waals surface area contributed by atoms with Gasteiger partial charge in [0, 0.05) is 18.7 Å². The summed E-state index contributed by atoms with van der Waals surface area (Å²) >= 11 is 0. The number of nitro benzene ring substituents is 1.